The Bertz CT molecular complexity index is 19.1. The maximum absolute atomic E-state index is 2.35. The lowest BCUT2D eigenvalue weighted by Crippen LogP contribution is -2.10. The molecule has 0 rings (SSSR count). The van der Waals surface area contributed by atoms with Gasteiger partial charge in [-0.3, -0.25) is 0 Å². The molecule has 0 aliphatic carbocycles. The van der Waals surface area contributed by atoms with Crippen LogP contribution in [-0.2, 0) is 0 Å². The molecule has 0 saturated heterocycles. The van der Waals surface area contributed by atoms with Crippen molar-refractivity contribution in [1.29, 1.82) is 0 Å². The quantitative estimate of drug-likeness (QED) is 0.396. The van der Waals surface area contributed by atoms with E-state index in [0.29, 0.717) is 0 Å². The van der Waals surface area contributed by atoms with Crippen LogP contribution in [0.4, 0.5) is 0 Å². The van der Waals surface area contributed by atoms with Gasteiger partial charge in [-0.05, 0) is 0 Å². The first-order chi connectivity index (χ1) is 2.00. The highest BCUT2D eigenvalue weighted by atomic mass is 27.2. The van der Waals surface area contributed by atoms with Crippen LogP contribution in [-0.4, -0.2) is 13.1 Å². The van der Waals surface area contributed by atoms with Crippen LogP contribution < -0.4 is 0 Å². The molecule has 0 aliphatic heterocycles. The fourth-order valence-corrected chi connectivity index (χ4v) is 0. The third kappa shape index (κ3) is 103. The van der Waals surface area contributed by atoms with E-state index in [9.17, 15) is 0 Å². The van der Waals surface area contributed by atoms with Crippen LogP contribution in [0.1, 0.15) is 0 Å². The smallest absolute Gasteiger partial charge is 0.121 e. The maximum atomic E-state index is 2.35. The van der Waals surface area contributed by atoms with Gasteiger partial charge in [-0.15, -0.1) is 0 Å². The zero-order valence-electron chi connectivity index (χ0n) is 4.58. The average Bonchev–Trinajstić information content (AvgIpc) is 0.722. The molecule has 0 aromatic rings. The minimum Gasteiger partial charge on any atom is -0.204 e. The monoisotopic (exact) mass is 87.1 g/mol. The van der Waals surface area contributed by atoms with Crippen LogP contribution in [0.3, 0.4) is 0 Å². The Hall–Kier alpha value is 0.532. The molecular formula is C4H12Al-. The molecule has 5 heavy (non-hydrogen) atoms. The van der Waals surface area contributed by atoms with Crippen molar-refractivity contribution in [2.45, 2.75) is 23.1 Å². The Labute approximate surface area is 36.9 Å². The largest absolute Gasteiger partial charge is 0.204 e. The highest BCUT2D eigenvalue weighted by Crippen LogP contribution is 1.94. The Morgan fingerprint density at radius 2 is 0.800 bits per heavy atom. The van der Waals surface area contributed by atoms with E-state index < -0.39 is 13.1 Å². The van der Waals surface area contributed by atoms with Gasteiger partial charge in [0.15, 0.2) is 0 Å². The molecule has 0 fully saturated rings. The van der Waals surface area contributed by atoms with E-state index in [4.69, 9.17) is 0 Å². The van der Waals surface area contributed by atoms with Crippen molar-refractivity contribution in [3.05, 3.63) is 0 Å². The molecule has 0 N–H and O–H groups in total. The molecule has 0 saturated carbocycles. The van der Waals surface area contributed by atoms with Crippen molar-refractivity contribution in [2.75, 3.05) is 0 Å². The predicted octanol–water partition coefficient (Wildman–Crippen LogP) is 1.95. The summed E-state index contributed by atoms with van der Waals surface area (Å²) in [5, 5.41) is 0. The lowest BCUT2D eigenvalue weighted by atomic mass is 11.8. The third-order valence-electron chi connectivity index (χ3n) is 0. The third-order valence-corrected chi connectivity index (χ3v) is 0. The van der Waals surface area contributed by atoms with Crippen LogP contribution in [0.2, 0.25) is 23.1 Å². The highest BCUT2D eigenvalue weighted by Gasteiger charge is 1.97. The van der Waals surface area contributed by atoms with Crippen LogP contribution in [0.15, 0.2) is 0 Å². The first-order valence-corrected chi connectivity index (χ1v) is 6.93. The van der Waals surface area contributed by atoms with Crippen molar-refractivity contribution in [3.8, 4) is 0 Å². The Morgan fingerprint density at radius 1 is 0.800 bits per heavy atom. The van der Waals surface area contributed by atoms with Gasteiger partial charge in [0.25, 0.3) is 0 Å². The van der Waals surface area contributed by atoms with Gasteiger partial charge in [-0.2, -0.15) is 0 Å². The van der Waals surface area contributed by atoms with E-state index in [-0.39, 0.29) is 0 Å². The molecular weight excluding hydrogens is 75.0 g/mol. The molecule has 0 bridgehead atoms. The summed E-state index contributed by atoms with van der Waals surface area (Å²) in [6, 6.07) is 0. The van der Waals surface area contributed by atoms with E-state index in [2.05, 4.69) is 23.1 Å². The summed E-state index contributed by atoms with van der Waals surface area (Å²) in [6.07, 6.45) is 0. The van der Waals surface area contributed by atoms with Gasteiger partial charge in [0.1, 0.15) is 13.1 Å². The molecule has 1 heteroatoms. The molecule has 0 radical (unpaired) electrons. The van der Waals surface area contributed by atoms with Crippen molar-refractivity contribution < 1.29 is 0 Å². The summed E-state index contributed by atoms with van der Waals surface area (Å²) in [5.41, 5.74) is 0. The predicted molar refractivity (Wildman–Crippen MR) is 29.2 cm³/mol. The minimum atomic E-state index is -0.833. The molecule has 0 heterocycles. The Kier molecular flexibility index (Phi) is 1.47. The molecule has 0 nitrogen and oxygen atoms in total. The molecule has 0 spiro atoms. The zero-order valence-corrected chi connectivity index (χ0v) is 5.73. The van der Waals surface area contributed by atoms with E-state index in [1.54, 1.807) is 0 Å². The SMILES string of the molecule is [CH3][Al-]([CH3])([CH3])[CH3]. The first kappa shape index (κ1) is 5.53. The van der Waals surface area contributed by atoms with Gasteiger partial charge in [-0.25, -0.2) is 23.1 Å². The van der Waals surface area contributed by atoms with Crippen LogP contribution >= 0.6 is 0 Å². The van der Waals surface area contributed by atoms with Gasteiger partial charge in [0.2, 0.25) is 0 Å². The molecule has 32 valence electrons. The summed E-state index contributed by atoms with van der Waals surface area (Å²) < 4.78 is 0. The molecule has 0 unspecified atom stereocenters. The van der Waals surface area contributed by atoms with Gasteiger partial charge in [-0.1, -0.05) is 0 Å². The van der Waals surface area contributed by atoms with Gasteiger partial charge in [0.05, 0.1) is 0 Å². The summed E-state index contributed by atoms with van der Waals surface area (Å²) in [5.74, 6) is 9.42. The van der Waals surface area contributed by atoms with Gasteiger partial charge < -0.3 is 0 Å². The molecule has 0 amide bonds. The minimum absolute atomic E-state index is 0.833. The topological polar surface area (TPSA) is 0 Å². The van der Waals surface area contributed by atoms with Crippen molar-refractivity contribution in [3.63, 3.8) is 0 Å². The van der Waals surface area contributed by atoms with E-state index in [1.807, 2.05) is 0 Å². The molecule has 0 aliphatic rings. The van der Waals surface area contributed by atoms with Crippen LogP contribution in [0, 0.1) is 0 Å². The summed E-state index contributed by atoms with van der Waals surface area (Å²) >= 11 is -0.833. The molecule has 0 atom stereocenters. The first-order valence-electron chi connectivity index (χ1n) is 2.31. The zero-order chi connectivity index (χ0) is 4.50. The van der Waals surface area contributed by atoms with Gasteiger partial charge in [0, 0.05) is 0 Å². The highest BCUT2D eigenvalue weighted by molar-refractivity contribution is 6.74. The van der Waals surface area contributed by atoms with E-state index in [1.165, 1.54) is 0 Å². The fraction of sp³-hybridized carbons (Fsp3) is 1.00. The van der Waals surface area contributed by atoms with Gasteiger partial charge >= 0.3 is 0 Å². The van der Waals surface area contributed by atoms with Crippen LogP contribution in [0.5, 0.6) is 0 Å². The fourth-order valence-electron chi connectivity index (χ4n) is 0. The Balaban J connectivity index is 3.02. The van der Waals surface area contributed by atoms with Crippen molar-refractivity contribution in [1.82, 2.24) is 0 Å². The van der Waals surface area contributed by atoms with E-state index in [0.717, 1.165) is 0 Å². The van der Waals surface area contributed by atoms with Crippen molar-refractivity contribution >= 4 is 13.1 Å². The standard InChI is InChI=1S/4CH3.Al/h4*1H3;/q;;;;-1. The Morgan fingerprint density at radius 3 is 0.800 bits per heavy atom. The number of hydrogen-bond acceptors (Lipinski definition) is 0. The van der Waals surface area contributed by atoms with Crippen molar-refractivity contribution in [2.24, 2.45) is 0 Å². The van der Waals surface area contributed by atoms with E-state index >= 15 is 0 Å². The maximum Gasteiger partial charge on any atom is 0.121 e. The lowest BCUT2D eigenvalue weighted by Gasteiger charge is -2.05. The summed E-state index contributed by atoms with van der Waals surface area (Å²) in [7, 11) is 0. The second-order valence-electron chi connectivity index (χ2n) is 3.46. The van der Waals surface area contributed by atoms with Crippen LogP contribution in [0.25, 0.3) is 0 Å². The molecule has 0 aromatic heterocycles. The normalized spacial score (nSPS) is 12.0. The second-order valence-corrected chi connectivity index (χ2v) is 10.4. The second kappa shape index (κ2) is 1.33. The number of hydrogen-bond donors (Lipinski definition) is 0. The lowest BCUT2D eigenvalue weighted by molar-refractivity contribution is 1.71. The summed E-state index contributed by atoms with van der Waals surface area (Å²) in [4.78, 5) is 0. The number of rotatable bonds is 0. The summed E-state index contributed by atoms with van der Waals surface area (Å²) in [6.45, 7) is 0. The molecule has 0 aromatic carbocycles. The average molecular weight is 87.1 g/mol.